The highest BCUT2D eigenvalue weighted by Crippen LogP contribution is 2.24. The van der Waals surface area contributed by atoms with Crippen LogP contribution in [0.15, 0.2) is 85.2 Å². The summed E-state index contributed by atoms with van der Waals surface area (Å²) < 4.78 is 0. The molecule has 4 heteroatoms. The minimum Gasteiger partial charge on any atom is -0.351 e. The Balaban J connectivity index is 1.64. The predicted octanol–water partition coefficient (Wildman–Crippen LogP) is 4.83. The fraction of sp³-hybridized carbons (Fsp3) is 0.125. The van der Waals surface area contributed by atoms with Gasteiger partial charge in [0.05, 0.1) is 16.8 Å². The van der Waals surface area contributed by atoms with Crippen molar-refractivity contribution < 1.29 is 4.79 Å². The van der Waals surface area contributed by atoms with Crippen LogP contribution in [0.1, 0.15) is 28.8 Å². The van der Waals surface area contributed by atoms with E-state index in [1.54, 1.807) is 12.4 Å². The van der Waals surface area contributed by atoms with Gasteiger partial charge in [-0.05, 0) is 35.7 Å². The Morgan fingerprint density at radius 1 is 1.00 bits per heavy atom. The number of nitrogens with one attached hydrogen (secondary N) is 1. The fourth-order valence-electron chi connectivity index (χ4n) is 3.27. The molecule has 1 unspecified atom stereocenters. The fourth-order valence-corrected chi connectivity index (χ4v) is 3.27. The zero-order valence-corrected chi connectivity index (χ0v) is 15.7. The second-order valence-electron chi connectivity index (χ2n) is 6.84. The maximum atomic E-state index is 13.0. The summed E-state index contributed by atoms with van der Waals surface area (Å²) in [6.45, 7) is 2.68. The van der Waals surface area contributed by atoms with Gasteiger partial charge in [0, 0.05) is 29.9 Å². The number of nitrogens with zero attached hydrogens (tertiary/aromatic N) is 2. The molecular weight excluding hydrogens is 346 g/mol. The third kappa shape index (κ3) is 3.76. The molecule has 1 atom stereocenters. The minimum atomic E-state index is -0.0912. The zero-order chi connectivity index (χ0) is 19.3. The molecule has 0 saturated carbocycles. The van der Waals surface area contributed by atoms with Crippen LogP contribution in [-0.2, 0) is 0 Å². The first-order valence-corrected chi connectivity index (χ1v) is 9.35. The number of fused-ring (bicyclic) bond motifs is 1. The van der Waals surface area contributed by atoms with Gasteiger partial charge >= 0.3 is 0 Å². The van der Waals surface area contributed by atoms with Crippen LogP contribution in [-0.4, -0.2) is 22.4 Å². The number of carbonyl (C=O) groups excluding carboxylic acids is 1. The van der Waals surface area contributed by atoms with E-state index in [0.29, 0.717) is 12.1 Å². The highest BCUT2D eigenvalue weighted by Gasteiger charge is 2.15. The number of carbonyl (C=O) groups is 1. The lowest BCUT2D eigenvalue weighted by molar-refractivity contribution is 0.0953. The molecule has 0 spiro atoms. The van der Waals surface area contributed by atoms with E-state index >= 15 is 0 Å². The number of para-hydroxylation sites is 1. The molecule has 4 rings (SSSR count). The van der Waals surface area contributed by atoms with Gasteiger partial charge in [0.15, 0.2) is 0 Å². The quantitative estimate of drug-likeness (QED) is 0.550. The van der Waals surface area contributed by atoms with Gasteiger partial charge in [-0.1, -0.05) is 55.5 Å². The largest absolute Gasteiger partial charge is 0.351 e. The number of hydrogen-bond acceptors (Lipinski definition) is 3. The lowest BCUT2D eigenvalue weighted by Gasteiger charge is -2.14. The second-order valence-corrected chi connectivity index (χ2v) is 6.84. The van der Waals surface area contributed by atoms with Crippen molar-refractivity contribution in [2.75, 3.05) is 6.54 Å². The normalized spacial score (nSPS) is 11.9. The first kappa shape index (κ1) is 17.9. The number of benzene rings is 2. The summed E-state index contributed by atoms with van der Waals surface area (Å²) in [4.78, 5) is 21.9. The van der Waals surface area contributed by atoms with Gasteiger partial charge in [0.1, 0.15) is 0 Å². The van der Waals surface area contributed by atoms with Crippen molar-refractivity contribution in [3.05, 3.63) is 96.3 Å². The highest BCUT2D eigenvalue weighted by atomic mass is 16.1. The van der Waals surface area contributed by atoms with Crippen molar-refractivity contribution in [2.24, 2.45) is 0 Å². The Labute approximate surface area is 164 Å². The maximum Gasteiger partial charge on any atom is 0.252 e. The molecule has 0 bridgehead atoms. The van der Waals surface area contributed by atoms with Crippen LogP contribution < -0.4 is 5.32 Å². The van der Waals surface area contributed by atoms with Crippen LogP contribution in [0.5, 0.6) is 0 Å². The van der Waals surface area contributed by atoms with Crippen LogP contribution in [0.2, 0.25) is 0 Å². The molecular formula is C24H21N3O. The molecule has 4 aromatic rings. The van der Waals surface area contributed by atoms with E-state index in [9.17, 15) is 4.79 Å². The smallest absolute Gasteiger partial charge is 0.252 e. The number of hydrogen-bond donors (Lipinski definition) is 1. The Morgan fingerprint density at radius 3 is 2.57 bits per heavy atom. The van der Waals surface area contributed by atoms with Gasteiger partial charge in [-0.3, -0.25) is 9.78 Å². The van der Waals surface area contributed by atoms with Crippen molar-refractivity contribution >= 4 is 16.8 Å². The van der Waals surface area contributed by atoms with Crippen LogP contribution in [0.25, 0.3) is 22.2 Å². The van der Waals surface area contributed by atoms with E-state index in [-0.39, 0.29) is 11.8 Å². The molecule has 0 aliphatic heterocycles. The van der Waals surface area contributed by atoms with E-state index in [0.717, 1.165) is 22.2 Å². The number of aromatic nitrogens is 2. The Morgan fingerprint density at radius 2 is 1.79 bits per heavy atom. The summed E-state index contributed by atoms with van der Waals surface area (Å²) in [5, 5.41) is 3.93. The lowest BCUT2D eigenvalue weighted by Crippen LogP contribution is -2.27. The summed E-state index contributed by atoms with van der Waals surface area (Å²) in [7, 11) is 0. The van der Waals surface area contributed by atoms with Crippen LogP contribution >= 0.6 is 0 Å². The zero-order valence-electron chi connectivity index (χ0n) is 15.7. The summed E-state index contributed by atoms with van der Waals surface area (Å²) >= 11 is 0. The molecule has 0 fully saturated rings. The number of rotatable bonds is 5. The molecule has 0 radical (unpaired) electrons. The van der Waals surface area contributed by atoms with Gasteiger partial charge in [-0.2, -0.15) is 0 Å². The Bertz CT molecular complexity index is 1090. The van der Waals surface area contributed by atoms with Gasteiger partial charge in [-0.15, -0.1) is 0 Å². The van der Waals surface area contributed by atoms with E-state index in [4.69, 9.17) is 4.98 Å². The van der Waals surface area contributed by atoms with Crippen molar-refractivity contribution in [3.63, 3.8) is 0 Å². The van der Waals surface area contributed by atoms with E-state index in [2.05, 4.69) is 29.4 Å². The summed E-state index contributed by atoms with van der Waals surface area (Å²) in [6, 6.07) is 23.6. The average molecular weight is 367 g/mol. The Kier molecular flexibility index (Phi) is 5.11. The average Bonchev–Trinajstić information content (AvgIpc) is 2.77. The summed E-state index contributed by atoms with van der Waals surface area (Å²) in [5.41, 5.74) is 4.27. The van der Waals surface area contributed by atoms with E-state index in [1.165, 1.54) is 5.56 Å². The molecule has 1 N–H and O–H groups in total. The molecule has 0 aliphatic rings. The second kappa shape index (κ2) is 8.01. The molecule has 138 valence electrons. The van der Waals surface area contributed by atoms with Crippen LogP contribution in [0.3, 0.4) is 0 Å². The van der Waals surface area contributed by atoms with Gasteiger partial charge in [0.2, 0.25) is 0 Å². The minimum absolute atomic E-state index is 0.0912. The monoisotopic (exact) mass is 367 g/mol. The molecule has 2 heterocycles. The molecule has 2 aromatic heterocycles. The third-order valence-corrected chi connectivity index (χ3v) is 4.86. The molecule has 2 aromatic carbocycles. The first-order chi connectivity index (χ1) is 13.7. The summed E-state index contributed by atoms with van der Waals surface area (Å²) in [5.74, 6) is 0.141. The van der Waals surface area contributed by atoms with Crippen molar-refractivity contribution in [3.8, 4) is 11.3 Å². The molecule has 0 aliphatic carbocycles. The topological polar surface area (TPSA) is 54.9 Å². The van der Waals surface area contributed by atoms with E-state index < -0.39 is 0 Å². The van der Waals surface area contributed by atoms with Gasteiger partial charge < -0.3 is 5.32 Å². The predicted molar refractivity (Wildman–Crippen MR) is 112 cm³/mol. The standard InChI is InChI=1S/C24H21N3O/c1-17(18-8-3-2-4-9-18)15-26-24(28)21-14-23(19-10-7-13-25-16-19)27-22-12-6-5-11-20(21)22/h2-14,16-17H,15H2,1H3,(H,26,28). The van der Waals surface area contributed by atoms with Crippen molar-refractivity contribution in [2.45, 2.75) is 12.8 Å². The summed E-state index contributed by atoms with van der Waals surface area (Å²) in [6.07, 6.45) is 3.49. The lowest BCUT2D eigenvalue weighted by atomic mass is 10.0. The Hall–Kier alpha value is -3.53. The molecule has 4 nitrogen and oxygen atoms in total. The van der Waals surface area contributed by atoms with Crippen molar-refractivity contribution in [1.82, 2.24) is 15.3 Å². The van der Waals surface area contributed by atoms with E-state index in [1.807, 2.05) is 60.7 Å². The molecule has 0 saturated heterocycles. The molecule has 28 heavy (non-hydrogen) atoms. The number of pyridine rings is 2. The highest BCUT2D eigenvalue weighted by molar-refractivity contribution is 6.07. The van der Waals surface area contributed by atoms with Crippen LogP contribution in [0, 0.1) is 0 Å². The van der Waals surface area contributed by atoms with Crippen LogP contribution in [0.4, 0.5) is 0 Å². The van der Waals surface area contributed by atoms with Gasteiger partial charge in [0.25, 0.3) is 5.91 Å². The third-order valence-electron chi connectivity index (χ3n) is 4.86. The van der Waals surface area contributed by atoms with Gasteiger partial charge in [-0.25, -0.2) is 4.98 Å². The van der Waals surface area contributed by atoms with Crippen molar-refractivity contribution in [1.29, 1.82) is 0 Å². The maximum absolute atomic E-state index is 13.0. The first-order valence-electron chi connectivity index (χ1n) is 9.35. The SMILES string of the molecule is CC(CNC(=O)c1cc(-c2cccnc2)nc2ccccc12)c1ccccc1. The number of amides is 1. The molecule has 1 amide bonds.